The Balaban J connectivity index is 2.20. The van der Waals surface area contributed by atoms with Crippen LogP contribution in [0.3, 0.4) is 0 Å². The third kappa shape index (κ3) is 3.08. The fraction of sp³-hybridized carbons (Fsp3) is 0.143. The van der Waals surface area contributed by atoms with E-state index in [1.807, 2.05) is 19.1 Å². The second-order valence-electron chi connectivity index (χ2n) is 4.35. The predicted octanol–water partition coefficient (Wildman–Crippen LogP) is 4.24. The number of phenols is 1. The zero-order valence-electron chi connectivity index (χ0n) is 10.7. The van der Waals surface area contributed by atoms with Crippen LogP contribution in [0.5, 0.6) is 5.75 Å². The lowest BCUT2D eigenvalue weighted by molar-refractivity contribution is -0.385. The van der Waals surface area contributed by atoms with E-state index in [0.29, 0.717) is 4.47 Å². The molecule has 104 valence electrons. The van der Waals surface area contributed by atoms with Gasteiger partial charge in [0, 0.05) is 17.3 Å². The smallest absolute Gasteiger partial charge is 0.283 e. The summed E-state index contributed by atoms with van der Waals surface area (Å²) < 4.78 is 0.414. The summed E-state index contributed by atoms with van der Waals surface area (Å²) in [6, 6.07) is 11.7. The summed E-state index contributed by atoms with van der Waals surface area (Å²) in [4.78, 5) is 10.3. The van der Waals surface area contributed by atoms with Gasteiger partial charge in [0.15, 0.2) is 0 Å². The fourth-order valence-electron chi connectivity index (χ4n) is 1.93. The number of nitro benzene ring substituents is 1. The summed E-state index contributed by atoms with van der Waals surface area (Å²) >= 11 is 3.18. The highest BCUT2D eigenvalue weighted by Gasteiger charge is 2.14. The van der Waals surface area contributed by atoms with E-state index in [2.05, 4.69) is 21.2 Å². The molecule has 2 N–H and O–H groups in total. The molecule has 2 aromatic rings. The highest BCUT2D eigenvalue weighted by molar-refractivity contribution is 9.10. The Kier molecular flexibility index (Phi) is 4.24. The Hall–Kier alpha value is -2.08. The van der Waals surface area contributed by atoms with Gasteiger partial charge in [-0.15, -0.1) is 0 Å². The number of nitrogens with zero attached hydrogens (tertiary/aromatic N) is 1. The summed E-state index contributed by atoms with van der Waals surface area (Å²) in [5.41, 5.74) is 1.52. The van der Waals surface area contributed by atoms with Gasteiger partial charge >= 0.3 is 0 Å². The molecule has 2 rings (SSSR count). The average molecular weight is 337 g/mol. The Bertz CT molecular complexity index is 646. The first-order valence-electron chi connectivity index (χ1n) is 5.97. The van der Waals surface area contributed by atoms with Crippen molar-refractivity contribution in [1.29, 1.82) is 0 Å². The van der Waals surface area contributed by atoms with Crippen LogP contribution in [0.25, 0.3) is 0 Å². The molecule has 0 aromatic heterocycles. The van der Waals surface area contributed by atoms with E-state index in [1.165, 1.54) is 6.07 Å². The van der Waals surface area contributed by atoms with E-state index in [4.69, 9.17) is 0 Å². The molecule has 0 spiro atoms. The zero-order chi connectivity index (χ0) is 14.7. The molecule has 20 heavy (non-hydrogen) atoms. The van der Waals surface area contributed by atoms with Crippen LogP contribution in [-0.2, 0) is 0 Å². The molecule has 0 saturated carbocycles. The van der Waals surface area contributed by atoms with Crippen LogP contribution >= 0.6 is 15.9 Å². The summed E-state index contributed by atoms with van der Waals surface area (Å²) in [5, 5.41) is 23.7. The number of nitro groups is 1. The van der Waals surface area contributed by atoms with Gasteiger partial charge in [0.25, 0.3) is 5.69 Å². The number of hydrogen-bond acceptors (Lipinski definition) is 4. The molecule has 1 unspecified atom stereocenters. The highest BCUT2D eigenvalue weighted by Crippen LogP contribution is 2.31. The Morgan fingerprint density at radius 3 is 2.60 bits per heavy atom. The van der Waals surface area contributed by atoms with Crippen molar-refractivity contribution in [2.45, 2.75) is 13.0 Å². The van der Waals surface area contributed by atoms with E-state index in [-0.39, 0.29) is 17.5 Å². The maximum atomic E-state index is 10.7. The van der Waals surface area contributed by atoms with E-state index >= 15 is 0 Å². The molecule has 6 heteroatoms. The lowest BCUT2D eigenvalue weighted by Gasteiger charge is -2.17. The number of phenolic OH excluding ortho intramolecular Hbond substituents is 1. The lowest BCUT2D eigenvalue weighted by Crippen LogP contribution is -2.06. The number of halogens is 1. The molecule has 0 amide bonds. The minimum absolute atomic E-state index is 0.0192. The largest absolute Gasteiger partial charge is 0.508 e. The second kappa shape index (κ2) is 5.92. The molecular weight excluding hydrogens is 324 g/mol. The SMILES string of the molecule is CC(Nc1ccc([N+](=O)[O-])c(Br)c1)c1ccccc1O. The van der Waals surface area contributed by atoms with Gasteiger partial charge in [-0.1, -0.05) is 18.2 Å². The summed E-state index contributed by atoms with van der Waals surface area (Å²) in [6.07, 6.45) is 0. The van der Waals surface area contributed by atoms with Gasteiger partial charge in [-0.25, -0.2) is 0 Å². The molecule has 0 fully saturated rings. The van der Waals surface area contributed by atoms with Gasteiger partial charge in [0.05, 0.1) is 15.4 Å². The normalized spacial score (nSPS) is 11.9. The molecule has 0 aliphatic rings. The molecular formula is C14H13BrN2O3. The van der Waals surface area contributed by atoms with E-state index < -0.39 is 4.92 Å². The van der Waals surface area contributed by atoms with Gasteiger partial charge in [-0.3, -0.25) is 10.1 Å². The molecule has 0 bridgehead atoms. The standard InChI is InChI=1S/C14H13BrN2O3/c1-9(11-4-2-3-5-14(11)18)16-10-6-7-13(17(19)20)12(15)8-10/h2-9,16,18H,1H3. The number of benzene rings is 2. The van der Waals surface area contributed by atoms with E-state index in [0.717, 1.165) is 11.3 Å². The van der Waals surface area contributed by atoms with Crippen molar-refractivity contribution in [3.8, 4) is 5.75 Å². The van der Waals surface area contributed by atoms with Gasteiger partial charge < -0.3 is 10.4 Å². The molecule has 0 radical (unpaired) electrons. The topological polar surface area (TPSA) is 75.4 Å². The lowest BCUT2D eigenvalue weighted by atomic mass is 10.1. The van der Waals surface area contributed by atoms with Crippen LogP contribution in [-0.4, -0.2) is 10.0 Å². The Morgan fingerprint density at radius 2 is 2.00 bits per heavy atom. The minimum Gasteiger partial charge on any atom is -0.508 e. The molecule has 5 nitrogen and oxygen atoms in total. The van der Waals surface area contributed by atoms with Crippen molar-refractivity contribution in [3.63, 3.8) is 0 Å². The van der Waals surface area contributed by atoms with Crippen molar-refractivity contribution in [1.82, 2.24) is 0 Å². The highest BCUT2D eigenvalue weighted by atomic mass is 79.9. The first-order valence-corrected chi connectivity index (χ1v) is 6.76. The molecule has 0 aliphatic carbocycles. The van der Waals surface area contributed by atoms with Gasteiger partial charge in [0.1, 0.15) is 5.75 Å². The minimum atomic E-state index is -0.444. The number of anilines is 1. The zero-order valence-corrected chi connectivity index (χ0v) is 12.3. The summed E-state index contributed by atoms with van der Waals surface area (Å²) in [5.74, 6) is 0.216. The van der Waals surface area contributed by atoms with Crippen molar-refractivity contribution in [2.24, 2.45) is 0 Å². The van der Waals surface area contributed by atoms with Crippen molar-refractivity contribution in [3.05, 3.63) is 62.6 Å². The van der Waals surface area contributed by atoms with Gasteiger partial charge in [0.2, 0.25) is 0 Å². The number of rotatable bonds is 4. The fourth-order valence-corrected chi connectivity index (χ4v) is 2.45. The number of nitrogens with one attached hydrogen (secondary N) is 1. The molecule has 0 aliphatic heterocycles. The Morgan fingerprint density at radius 1 is 1.30 bits per heavy atom. The number of aromatic hydroxyl groups is 1. The summed E-state index contributed by atoms with van der Waals surface area (Å²) in [7, 11) is 0. The predicted molar refractivity (Wildman–Crippen MR) is 80.9 cm³/mol. The summed E-state index contributed by atoms with van der Waals surface area (Å²) in [6.45, 7) is 1.91. The number of para-hydroxylation sites is 1. The van der Waals surface area contributed by atoms with Crippen LogP contribution in [0.4, 0.5) is 11.4 Å². The van der Waals surface area contributed by atoms with Crippen molar-refractivity contribution in [2.75, 3.05) is 5.32 Å². The van der Waals surface area contributed by atoms with Crippen LogP contribution in [0, 0.1) is 10.1 Å². The van der Waals surface area contributed by atoms with Crippen LogP contribution in [0.15, 0.2) is 46.9 Å². The third-order valence-corrected chi connectivity index (χ3v) is 3.57. The molecule has 1 atom stereocenters. The van der Waals surface area contributed by atoms with E-state index in [9.17, 15) is 15.2 Å². The second-order valence-corrected chi connectivity index (χ2v) is 5.20. The third-order valence-electron chi connectivity index (χ3n) is 2.93. The van der Waals surface area contributed by atoms with Crippen LogP contribution in [0.2, 0.25) is 0 Å². The quantitative estimate of drug-likeness (QED) is 0.646. The maximum absolute atomic E-state index is 10.7. The van der Waals surface area contributed by atoms with Crippen molar-refractivity contribution < 1.29 is 10.0 Å². The monoisotopic (exact) mass is 336 g/mol. The van der Waals surface area contributed by atoms with Crippen LogP contribution < -0.4 is 5.32 Å². The molecule has 0 heterocycles. The van der Waals surface area contributed by atoms with Crippen molar-refractivity contribution >= 4 is 27.3 Å². The van der Waals surface area contributed by atoms with Gasteiger partial charge in [-0.05, 0) is 41.1 Å². The first kappa shape index (κ1) is 14.3. The van der Waals surface area contributed by atoms with Crippen LogP contribution in [0.1, 0.15) is 18.5 Å². The van der Waals surface area contributed by atoms with Gasteiger partial charge in [-0.2, -0.15) is 0 Å². The molecule has 2 aromatic carbocycles. The maximum Gasteiger partial charge on any atom is 0.283 e. The average Bonchev–Trinajstić information content (AvgIpc) is 2.38. The van der Waals surface area contributed by atoms with E-state index in [1.54, 1.807) is 24.3 Å². The number of hydrogen-bond donors (Lipinski definition) is 2. The first-order chi connectivity index (χ1) is 9.49. The Labute approximate surface area is 124 Å². The molecule has 0 saturated heterocycles.